The van der Waals surface area contributed by atoms with Crippen molar-refractivity contribution in [2.24, 2.45) is 16.3 Å². The van der Waals surface area contributed by atoms with E-state index in [0.29, 0.717) is 18.0 Å². The van der Waals surface area contributed by atoms with Gasteiger partial charge in [-0.3, -0.25) is 5.43 Å². The van der Waals surface area contributed by atoms with Crippen LogP contribution in [0.4, 0.5) is 0 Å². The van der Waals surface area contributed by atoms with E-state index in [1.54, 1.807) is 7.05 Å². The molecule has 0 spiro atoms. The predicted octanol–water partition coefficient (Wildman–Crippen LogP) is 1.21. The molecule has 0 aromatic rings. The van der Waals surface area contributed by atoms with Crippen LogP contribution >= 0.6 is 0 Å². The van der Waals surface area contributed by atoms with Gasteiger partial charge in [0.2, 0.25) is 0 Å². The quantitative estimate of drug-likeness (QED) is 0.483. The minimum absolute atomic E-state index is 0.344. The molecule has 1 unspecified atom stereocenters. The largest absolute Gasteiger partial charge is 0.317 e. The number of hydrogen-bond donors (Lipinski definition) is 2. The van der Waals surface area contributed by atoms with Crippen LogP contribution < -0.4 is 10.7 Å². The second-order valence-electron chi connectivity index (χ2n) is 3.15. The van der Waals surface area contributed by atoms with E-state index in [1.165, 1.54) is 0 Å². The minimum Gasteiger partial charge on any atom is -0.317 e. The fourth-order valence-electron chi connectivity index (χ4n) is 0.962. The first-order valence-corrected chi connectivity index (χ1v) is 4.35. The molecule has 4 nitrogen and oxygen atoms in total. The van der Waals surface area contributed by atoms with Crippen molar-refractivity contribution in [3.05, 3.63) is 0 Å². The van der Waals surface area contributed by atoms with E-state index < -0.39 is 0 Å². The van der Waals surface area contributed by atoms with E-state index >= 15 is 0 Å². The summed E-state index contributed by atoms with van der Waals surface area (Å²) in [5, 5.41) is 10.6. The lowest BCUT2D eigenvalue weighted by molar-refractivity contribution is 0.326. The van der Waals surface area contributed by atoms with Crippen molar-refractivity contribution in [1.82, 2.24) is 10.7 Å². The van der Waals surface area contributed by atoms with Gasteiger partial charge >= 0.3 is 0 Å². The normalized spacial score (nSPS) is 19.1. The average molecular weight is 172 g/mol. The lowest BCUT2D eigenvalue weighted by Gasteiger charge is -2.24. The summed E-state index contributed by atoms with van der Waals surface area (Å²) in [6, 6.07) is 0.829. The number of hydrogen-bond acceptors (Lipinski definition) is 3. The third-order valence-corrected chi connectivity index (χ3v) is 2.39. The molecule has 0 radical (unpaired) electrons. The van der Waals surface area contributed by atoms with Gasteiger partial charge in [0, 0.05) is 12.1 Å². The molecule has 0 saturated carbocycles. The molecule has 0 rings (SSSR count). The first-order valence-electron chi connectivity index (χ1n) is 4.35. The fraction of sp³-hybridized carbons (Fsp3) is 1.00. The highest BCUT2D eigenvalue weighted by molar-refractivity contribution is 4.74. The summed E-state index contributed by atoms with van der Waals surface area (Å²) in [4.78, 5) is 0. The maximum atomic E-state index is 3.76. The van der Waals surface area contributed by atoms with Gasteiger partial charge in [-0.25, -0.2) is 0 Å². The summed E-state index contributed by atoms with van der Waals surface area (Å²) in [5.74, 6) is 0.528. The van der Waals surface area contributed by atoms with Gasteiger partial charge in [0.1, 0.15) is 0 Å². The maximum absolute atomic E-state index is 3.76. The van der Waals surface area contributed by atoms with Crippen LogP contribution in [0.3, 0.4) is 0 Å². The minimum atomic E-state index is 0.344. The zero-order valence-electron chi connectivity index (χ0n) is 8.63. The van der Waals surface area contributed by atoms with Crippen LogP contribution in [0, 0.1) is 5.92 Å². The molecular formula is C8H20N4. The smallest absolute Gasteiger partial charge is 0.0509 e. The zero-order valence-corrected chi connectivity index (χ0v) is 8.63. The van der Waals surface area contributed by atoms with E-state index in [-0.39, 0.29) is 0 Å². The van der Waals surface area contributed by atoms with Crippen LogP contribution in [0.5, 0.6) is 0 Å². The van der Waals surface area contributed by atoms with Gasteiger partial charge in [-0.05, 0) is 26.8 Å². The van der Waals surface area contributed by atoms with Crippen LogP contribution in [0.15, 0.2) is 10.3 Å². The van der Waals surface area contributed by atoms with Gasteiger partial charge < -0.3 is 5.32 Å². The molecule has 0 bridgehead atoms. The van der Waals surface area contributed by atoms with E-state index in [2.05, 4.69) is 41.9 Å². The van der Waals surface area contributed by atoms with E-state index in [4.69, 9.17) is 0 Å². The Morgan fingerprint density at radius 1 is 1.08 bits per heavy atom. The molecule has 0 saturated heterocycles. The molecule has 0 aromatic carbocycles. The molecule has 0 heterocycles. The summed E-state index contributed by atoms with van der Waals surface area (Å²) in [6.45, 7) is 6.45. The molecule has 2 N–H and O–H groups in total. The third-order valence-electron chi connectivity index (χ3n) is 2.39. The Labute approximate surface area is 74.8 Å². The highest BCUT2D eigenvalue weighted by Gasteiger charge is 2.16. The molecule has 72 valence electrons. The van der Waals surface area contributed by atoms with Crippen molar-refractivity contribution in [2.45, 2.75) is 32.9 Å². The monoisotopic (exact) mass is 172 g/mol. The molecule has 0 aromatic heterocycles. The van der Waals surface area contributed by atoms with Crippen molar-refractivity contribution >= 4 is 0 Å². The summed E-state index contributed by atoms with van der Waals surface area (Å²) in [5.41, 5.74) is 2.97. The average Bonchev–Trinajstić information content (AvgIpc) is 2.11. The van der Waals surface area contributed by atoms with Crippen molar-refractivity contribution in [2.75, 3.05) is 14.1 Å². The van der Waals surface area contributed by atoms with Gasteiger partial charge in [0.05, 0.1) is 7.05 Å². The van der Waals surface area contributed by atoms with Crippen LogP contribution in [0.2, 0.25) is 0 Å². The Kier molecular flexibility index (Phi) is 5.62. The predicted molar refractivity (Wildman–Crippen MR) is 51.1 cm³/mol. The molecule has 3 atom stereocenters. The van der Waals surface area contributed by atoms with Crippen LogP contribution in [-0.2, 0) is 0 Å². The Morgan fingerprint density at radius 3 is 2.08 bits per heavy atom. The van der Waals surface area contributed by atoms with Crippen molar-refractivity contribution in [3.63, 3.8) is 0 Å². The number of nitrogens with zero attached hydrogens (tertiary/aromatic N) is 2. The van der Waals surface area contributed by atoms with Gasteiger partial charge in [0.25, 0.3) is 0 Å². The standard InChI is InChI=1S/C8H20N4/c1-6(7(2)9-4)8(3)11-12-10-5/h6-9H,1-5H3,(H,10,11)/t6-,7?,8-/m1/s1. The Hall–Kier alpha value is -0.640. The topological polar surface area (TPSA) is 48.8 Å². The number of nitrogens with one attached hydrogen (secondary N) is 2. The third kappa shape index (κ3) is 3.67. The first kappa shape index (κ1) is 11.4. The van der Waals surface area contributed by atoms with Crippen molar-refractivity contribution < 1.29 is 0 Å². The second kappa shape index (κ2) is 5.94. The molecule has 0 aliphatic rings. The Morgan fingerprint density at radius 2 is 1.67 bits per heavy atom. The molecule has 12 heavy (non-hydrogen) atoms. The van der Waals surface area contributed by atoms with Gasteiger partial charge in [-0.15, -0.1) is 0 Å². The summed E-state index contributed by atoms with van der Waals surface area (Å²) < 4.78 is 0. The SMILES string of the molecule is CN=NN[C@H](C)[C@H](C)C(C)NC. The van der Waals surface area contributed by atoms with Crippen LogP contribution in [-0.4, -0.2) is 26.2 Å². The lowest BCUT2D eigenvalue weighted by Crippen LogP contribution is -2.40. The van der Waals surface area contributed by atoms with E-state index in [0.717, 1.165) is 0 Å². The van der Waals surface area contributed by atoms with Gasteiger partial charge in [-0.2, -0.15) is 5.11 Å². The molecule has 0 fully saturated rings. The Bertz CT molecular complexity index is 135. The molecule has 0 aliphatic heterocycles. The van der Waals surface area contributed by atoms with Crippen molar-refractivity contribution in [1.29, 1.82) is 0 Å². The van der Waals surface area contributed by atoms with Gasteiger partial charge in [0.15, 0.2) is 0 Å². The van der Waals surface area contributed by atoms with Crippen LogP contribution in [0.1, 0.15) is 20.8 Å². The molecule has 0 amide bonds. The molecular weight excluding hydrogens is 152 g/mol. The van der Waals surface area contributed by atoms with E-state index in [9.17, 15) is 0 Å². The van der Waals surface area contributed by atoms with Crippen molar-refractivity contribution in [3.8, 4) is 0 Å². The summed E-state index contributed by atoms with van der Waals surface area (Å²) in [6.07, 6.45) is 0. The highest BCUT2D eigenvalue weighted by Crippen LogP contribution is 2.07. The zero-order chi connectivity index (χ0) is 9.56. The van der Waals surface area contributed by atoms with Crippen LogP contribution in [0.25, 0.3) is 0 Å². The number of rotatable bonds is 5. The van der Waals surface area contributed by atoms with Gasteiger partial charge in [-0.1, -0.05) is 12.1 Å². The first-order chi connectivity index (χ1) is 5.63. The lowest BCUT2D eigenvalue weighted by atomic mass is 9.97. The second-order valence-corrected chi connectivity index (χ2v) is 3.15. The summed E-state index contributed by atoms with van der Waals surface area (Å²) >= 11 is 0. The Balaban J connectivity index is 3.82. The fourth-order valence-corrected chi connectivity index (χ4v) is 0.962. The summed E-state index contributed by atoms with van der Waals surface area (Å²) in [7, 11) is 3.63. The molecule has 4 heteroatoms. The highest BCUT2D eigenvalue weighted by atomic mass is 15.4. The van der Waals surface area contributed by atoms with E-state index in [1.807, 2.05) is 7.05 Å². The maximum Gasteiger partial charge on any atom is 0.0509 e. The molecule has 0 aliphatic carbocycles.